The van der Waals surface area contributed by atoms with E-state index in [1.54, 1.807) is 4.90 Å². The summed E-state index contributed by atoms with van der Waals surface area (Å²) in [7, 11) is 0. The summed E-state index contributed by atoms with van der Waals surface area (Å²) in [5, 5.41) is 8.05. The molecule has 0 spiro atoms. The maximum Gasteiger partial charge on any atom is 0.233 e. The Morgan fingerprint density at radius 2 is 2.21 bits per heavy atom. The van der Waals surface area contributed by atoms with Crippen molar-refractivity contribution in [2.45, 2.75) is 17.4 Å². The van der Waals surface area contributed by atoms with Crippen molar-refractivity contribution >= 4 is 34.1 Å². The van der Waals surface area contributed by atoms with E-state index in [-0.39, 0.29) is 12.0 Å². The number of aromatic nitrogens is 2. The Balaban J connectivity index is 1.53. The molecule has 0 aliphatic carbocycles. The first-order valence-electron chi connectivity index (χ1n) is 7.53. The molecule has 0 saturated heterocycles. The zero-order valence-corrected chi connectivity index (χ0v) is 14.8. The van der Waals surface area contributed by atoms with Crippen LogP contribution in [0.3, 0.4) is 0 Å². The number of nitrogens with two attached hydrogens (primary N) is 1. The van der Waals surface area contributed by atoms with Gasteiger partial charge < -0.3 is 20.1 Å². The van der Waals surface area contributed by atoms with Gasteiger partial charge in [0.2, 0.25) is 11.0 Å². The number of hydrogen-bond donors (Lipinski definition) is 1. The predicted molar refractivity (Wildman–Crippen MR) is 93.7 cm³/mol. The number of amides is 1. The highest BCUT2D eigenvalue weighted by Gasteiger charge is 2.24. The van der Waals surface area contributed by atoms with Gasteiger partial charge in [0.25, 0.3) is 0 Å². The summed E-state index contributed by atoms with van der Waals surface area (Å²) in [6.45, 7) is 3.48. The molecule has 1 atom stereocenters. The third kappa shape index (κ3) is 4.09. The molecule has 0 fully saturated rings. The van der Waals surface area contributed by atoms with Crippen LogP contribution >= 0.6 is 23.1 Å². The Bertz CT molecular complexity index is 710. The van der Waals surface area contributed by atoms with E-state index >= 15 is 0 Å². The molecule has 128 valence electrons. The number of thioether (sulfide) groups is 1. The molecule has 1 aliphatic rings. The lowest BCUT2D eigenvalue weighted by Gasteiger charge is -2.30. The second kappa shape index (κ2) is 7.71. The molecule has 2 heterocycles. The maximum absolute atomic E-state index is 12.4. The van der Waals surface area contributed by atoms with Gasteiger partial charge in [0.05, 0.1) is 12.3 Å². The molecule has 1 aliphatic heterocycles. The maximum atomic E-state index is 12.4. The highest BCUT2D eigenvalue weighted by Crippen LogP contribution is 2.31. The van der Waals surface area contributed by atoms with Gasteiger partial charge in [-0.25, -0.2) is 0 Å². The second-order valence-corrected chi connectivity index (χ2v) is 7.36. The lowest BCUT2D eigenvalue weighted by molar-refractivity contribution is -0.129. The third-order valence-corrected chi connectivity index (χ3v) is 5.34. The zero-order chi connectivity index (χ0) is 16.9. The quantitative estimate of drug-likeness (QED) is 0.781. The Morgan fingerprint density at radius 1 is 1.42 bits per heavy atom. The highest BCUT2D eigenvalue weighted by molar-refractivity contribution is 8.01. The summed E-state index contributed by atoms with van der Waals surface area (Å²) in [4.78, 5) is 14.2. The number of anilines is 1. The summed E-state index contributed by atoms with van der Waals surface area (Å²) in [6, 6.07) is 7.55. The number of benzene rings is 1. The zero-order valence-electron chi connectivity index (χ0n) is 13.2. The minimum absolute atomic E-state index is 0.0266. The van der Waals surface area contributed by atoms with Crippen molar-refractivity contribution in [2.75, 3.05) is 31.2 Å². The van der Waals surface area contributed by atoms with Crippen LogP contribution in [0.25, 0.3) is 0 Å². The number of carbonyl (C=O) groups excluding carboxylic acids is 1. The number of fused-ring (bicyclic) bond motifs is 1. The molecular weight excluding hydrogens is 348 g/mol. The van der Waals surface area contributed by atoms with Gasteiger partial charge in [0.15, 0.2) is 21.9 Å². The number of hydrogen-bond acceptors (Lipinski definition) is 8. The van der Waals surface area contributed by atoms with Crippen molar-refractivity contribution < 1.29 is 14.3 Å². The Kier molecular flexibility index (Phi) is 5.41. The minimum Gasteiger partial charge on any atom is -0.486 e. The van der Waals surface area contributed by atoms with Crippen LogP contribution in [0.1, 0.15) is 6.92 Å². The SMILES string of the molecule is CCN(C[C@H]1COc2ccccc2O1)C(=O)CSc1nnc(N)s1. The monoisotopic (exact) mass is 366 g/mol. The molecule has 0 radical (unpaired) electrons. The molecular formula is C15H18N4O3S2. The first kappa shape index (κ1) is 16.8. The van der Waals surface area contributed by atoms with Gasteiger partial charge in [-0.05, 0) is 19.1 Å². The van der Waals surface area contributed by atoms with Gasteiger partial charge in [-0.3, -0.25) is 4.79 Å². The fraction of sp³-hybridized carbons (Fsp3) is 0.400. The topological polar surface area (TPSA) is 90.6 Å². The number of nitrogen functional groups attached to an aromatic ring is 1. The number of nitrogens with zero attached hydrogens (tertiary/aromatic N) is 3. The molecule has 9 heteroatoms. The van der Waals surface area contributed by atoms with Gasteiger partial charge in [0, 0.05) is 6.54 Å². The van der Waals surface area contributed by atoms with E-state index in [2.05, 4.69) is 10.2 Å². The van der Waals surface area contributed by atoms with Crippen LogP contribution < -0.4 is 15.2 Å². The molecule has 0 bridgehead atoms. The largest absolute Gasteiger partial charge is 0.486 e. The summed E-state index contributed by atoms with van der Waals surface area (Å²) in [5.41, 5.74) is 5.54. The molecule has 1 aromatic carbocycles. The first-order chi connectivity index (χ1) is 11.7. The van der Waals surface area contributed by atoms with Crippen LogP contribution in [-0.2, 0) is 4.79 Å². The van der Waals surface area contributed by atoms with Crippen molar-refractivity contribution in [3.8, 4) is 11.5 Å². The lowest BCUT2D eigenvalue weighted by Crippen LogP contribution is -2.44. The van der Waals surface area contributed by atoms with E-state index in [1.165, 1.54) is 23.1 Å². The second-order valence-electron chi connectivity index (χ2n) is 5.12. The van der Waals surface area contributed by atoms with E-state index in [0.717, 1.165) is 11.5 Å². The fourth-order valence-electron chi connectivity index (χ4n) is 2.30. The Hall–Kier alpha value is -2.00. The smallest absolute Gasteiger partial charge is 0.233 e. The van der Waals surface area contributed by atoms with Crippen molar-refractivity contribution in [1.82, 2.24) is 15.1 Å². The van der Waals surface area contributed by atoms with Crippen LogP contribution in [0, 0.1) is 0 Å². The van der Waals surface area contributed by atoms with Crippen molar-refractivity contribution in [1.29, 1.82) is 0 Å². The standard InChI is InChI=1S/C15H18N4O3S2/c1-2-19(13(20)9-23-15-18-17-14(16)24-15)7-10-8-21-11-5-3-4-6-12(11)22-10/h3-6,10H,2,7-9H2,1H3,(H2,16,17)/t10-/m0/s1. The number of likely N-dealkylation sites (N-methyl/N-ethyl adjacent to an activating group) is 1. The predicted octanol–water partition coefficient (Wildman–Crippen LogP) is 1.90. The van der Waals surface area contributed by atoms with Gasteiger partial charge in [-0.15, -0.1) is 10.2 Å². The van der Waals surface area contributed by atoms with Crippen LogP contribution in [0.2, 0.25) is 0 Å². The number of para-hydroxylation sites is 2. The lowest BCUT2D eigenvalue weighted by atomic mass is 10.2. The van der Waals surface area contributed by atoms with Crippen LogP contribution in [0.5, 0.6) is 11.5 Å². The molecule has 1 amide bonds. The number of carbonyl (C=O) groups is 1. The van der Waals surface area contributed by atoms with E-state index in [1.807, 2.05) is 31.2 Å². The molecule has 1 aromatic heterocycles. The molecule has 2 aromatic rings. The van der Waals surface area contributed by atoms with Crippen molar-refractivity contribution in [2.24, 2.45) is 0 Å². The van der Waals surface area contributed by atoms with E-state index in [9.17, 15) is 4.79 Å². The molecule has 24 heavy (non-hydrogen) atoms. The molecule has 2 N–H and O–H groups in total. The fourth-order valence-corrected chi connectivity index (χ4v) is 3.84. The third-order valence-electron chi connectivity index (χ3n) is 3.47. The van der Waals surface area contributed by atoms with E-state index in [0.29, 0.717) is 34.9 Å². The first-order valence-corrected chi connectivity index (χ1v) is 9.34. The number of rotatable bonds is 6. The normalized spacial score (nSPS) is 16.0. The van der Waals surface area contributed by atoms with E-state index in [4.69, 9.17) is 15.2 Å². The van der Waals surface area contributed by atoms with Crippen LogP contribution in [0.15, 0.2) is 28.6 Å². The van der Waals surface area contributed by atoms with Crippen molar-refractivity contribution in [3.05, 3.63) is 24.3 Å². The molecule has 0 saturated carbocycles. The van der Waals surface area contributed by atoms with Crippen molar-refractivity contribution in [3.63, 3.8) is 0 Å². The average molecular weight is 366 g/mol. The summed E-state index contributed by atoms with van der Waals surface area (Å²) < 4.78 is 12.3. The van der Waals surface area contributed by atoms with Gasteiger partial charge in [-0.2, -0.15) is 0 Å². The number of ether oxygens (including phenoxy) is 2. The Labute approximate surface area is 148 Å². The summed E-state index contributed by atoms with van der Waals surface area (Å²) >= 11 is 2.63. The van der Waals surface area contributed by atoms with Crippen LogP contribution in [0.4, 0.5) is 5.13 Å². The minimum atomic E-state index is -0.175. The van der Waals surface area contributed by atoms with E-state index < -0.39 is 0 Å². The average Bonchev–Trinajstić information content (AvgIpc) is 3.02. The molecule has 7 nitrogen and oxygen atoms in total. The summed E-state index contributed by atoms with van der Waals surface area (Å²) in [6.07, 6.45) is -0.175. The van der Waals surface area contributed by atoms with Gasteiger partial charge >= 0.3 is 0 Å². The molecule has 0 unspecified atom stereocenters. The van der Waals surface area contributed by atoms with Gasteiger partial charge in [0.1, 0.15) is 6.61 Å². The Morgan fingerprint density at radius 3 is 2.92 bits per heavy atom. The summed E-state index contributed by atoms with van der Waals surface area (Å²) in [5.74, 6) is 1.79. The highest BCUT2D eigenvalue weighted by atomic mass is 32.2. The van der Waals surface area contributed by atoms with Crippen LogP contribution in [-0.4, -0.2) is 52.6 Å². The molecule has 3 rings (SSSR count). The van der Waals surface area contributed by atoms with Gasteiger partial charge in [-0.1, -0.05) is 35.2 Å².